The lowest BCUT2D eigenvalue weighted by Crippen LogP contribution is -2.15. The summed E-state index contributed by atoms with van der Waals surface area (Å²) in [5, 5.41) is 0.384. The van der Waals surface area contributed by atoms with Gasteiger partial charge >= 0.3 is 0 Å². The molecule has 0 unspecified atom stereocenters. The molecule has 0 aliphatic rings. The van der Waals surface area contributed by atoms with Gasteiger partial charge in [0.1, 0.15) is 0 Å². The standard InChI is InChI=1S/C12H11ClN2O2S/c13-11-6-12(8-14-7-11)15-18(16,17)9-10-4-2-1-3-5-10/h1-8,15H,9H2. The first-order valence-electron chi connectivity index (χ1n) is 5.20. The summed E-state index contributed by atoms with van der Waals surface area (Å²) in [5.41, 5.74) is 1.08. The van der Waals surface area contributed by atoms with Gasteiger partial charge in [-0.25, -0.2) is 8.42 Å². The van der Waals surface area contributed by atoms with Gasteiger partial charge in [-0.2, -0.15) is 0 Å². The van der Waals surface area contributed by atoms with Crippen molar-refractivity contribution < 1.29 is 8.42 Å². The van der Waals surface area contributed by atoms with Crippen LogP contribution in [0.5, 0.6) is 0 Å². The molecule has 1 aromatic heterocycles. The fourth-order valence-corrected chi connectivity index (χ4v) is 2.83. The van der Waals surface area contributed by atoms with Gasteiger partial charge < -0.3 is 0 Å². The third-order valence-corrected chi connectivity index (χ3v) is 3.64. The van der Waals surface area contributed by atoms with Crippen LogP contribution in [-0.2, 0) is 15.8 Å². The molecule has 0 atom stereocenters. The highest BCUT2D eigenvalue weighted by Crippen LogP contribution is 2.15. The fourth-order valence-electron chi connectivity index (χ4n) is 1.48. The quantitative estimate of drug-likeness (QED) is 0.938. The van der Waals surface area contributed by atoms with Crippen molar-refractivity contribution in [3.63, 3.8) is 0 Å². The van der Waals surface area contributed by atoms with E-state index in [2.05, 4.69) is 9.71 Å². The van der Waals surface area contributed by atoms with Crippen molar-refractivity contribution in [3.8, 4) is 0 Å². The van der Waals surface area contributed by atoms with Gasteiger partial charge in [0.2, 0.25) is 10.0 Å². The summed E-state index contributed by atoms with van der Waals surface area (Å²) in [6.07, 6.45) is 2.85. The van der Waals surface area contributed by atoms with E-state index in [9.17, 15) is 8.42 Å². The summed E-state index contributed by atoms with van der Waals surface area (Å²) >= 11 is 5.74. The molecule has 94 valence electrons. The Labute approximate surface area is 111 Å². The second-order valence-corrected chi connectivity index (χ2v) is 5.90. The van der Waals surface area contributed by atoms with Crippen molar-refractivity contribution in [2.24, 2.45) is 0 Å². The topological polar surface area (TPSA) is 59.1 Å². The number of nitrogens with zero attached hydrogens (tertiary/aromatic N) is 1. The van der Waals surface area contributed by atoms with E-state index >= 15 is 0 Å². The highest BCUT2D eigenvalue weighted by molar-refractivity contribution is 7.91. The number of pyridine rings is 1. The second-order valence-electron chi connectivity index (χ2n) is 3.74. The molecular formula is C12H11ClN2O2S. The van der Waals surface area contributed by atoms with Crippen molar-refractivity contribution >= 4 is 27.3 Å². The smallest absolute Gasteiger partial charge is 0.236 e. The van der Waals surface area contributed by atoms with Gasteiger partial charge in [-0.1, -0.05) is 41.9 Å². The Hall–Kier alpha value is -1.59. The molecule has 0 amide bonds. The normalized spacial score (nSPS) is 11.2. The molecule has 0 aliphatic heterocycles. The number of hydrogen-bond donors (Lipinski definition) is 1. The summed E-state index contributed by atoms with van der Waals surface area (Å²) < 4.78 is 26.2. The summed E-state index contributed by atoms with van der Waals surface area (Å²) in [6.45, 7) is 0. The molecule has 2 aromatic rings. The lowest BCUT2D eigenvalue weighted by Gasteiger charge is -2.07. The van der Waals surface area contributed by atoms with Crippen LogP contribution in [0.1, 0.15) is 5.56 Å². The van der Waals surface area contributed by atoms with Gasteiger partial charge in [0, 0.05) is 6.20 Å². The molecule has 1 aromatic carbocycles. The first-order chi connectivity index (χ1) is 8.55. The Morgan fingerprint density at radius 1 is 1.17 bits per heavy atom. The molecule has 6 heteroatoms. The minimum absolute atomic E-state index is 0.0830. The van der Waals surface area contributed by atoms with Crippen molar-refractivity contribution in [2.45, 2.75) is 5.75 Å². The Balaban J connectivity index is 2.13. The van der Waals surface area contributed by atoms with Gasteiger partial charge in [-0.05, 0) is 11.6 Å². The first kappa shape index (κ1) is 12.9. The van der Waals surface area contributed by atoms with Crippen LogP contribution in [0.25, 0.3) is 0 Å². The SMILES string of the molecule is O=S(=O)(Cc1ccccc1)Nc1cncc(Cl)c1. The molecule has 0 saturated carbocycles. The van der Waals surface area contributed by atoms with Crippen molar-refractivity contribution in [1.82, 2.24) is 4.98 Å². The first-order valence-corrected chi connectivity index (χ1v) is 7.23. The van der Waals surface area contributed by atoms with E-state index in [0.29, 0.717) is 10.7 Å². The Morgan fingerprint density at radius 2 is 1.89 bits per heavy atom. The Bertz CT molecular complexity index is 630. The van der Waals surface area contributed by atoms with Crippen LogP contribution in [0, 0.1) is 0 Å². The highest BCUT2D eigenvalue weighted by Gasteiger charge is 2.11. The molecule has 0 fully saturated rings. The average molecular weight is 283 g/mol. The van der Waals surface area contributed by atoms with Gasteiger partial charge in [0.05, 0.1) is 22.7 Å². The minimum Gasteiger partial charge on any atom is -0.282 e. The maximum atomic E-state index is 11.9. The maximum absolute atomic E-state index is 11.9. The number of halogens is 1. The maximum Gasteiger partial charge on any atom is 0.236 e. The zero-order valence-corrected chi connectivity index (χ0v) is 10.9. The van der Waals surface area contributed by atoms with Gasteiger partial charge in [0.25, 0.3) is 0 Å². The molecule has 0 saturated heterocycles. The van der Waals surface area contributed by atoms with E-state index in [1.54, 1.807) is 24.3 Å². The lowest BCUT2D eigenvalue weighted by molar-refractivity contribution is 0.600. The van der Waals surface area contributed by atoms with Gasteiger partial charge in [0.15, 0.2) is 0 Å². The van der Waals surface area contributed by atoms with E-state index in [1.807, 2.05) is 6.07 Å². The van der Waals surface area contributed by atoms with Crippen LogP contribution < -0.4 is 4.72 Å². The summed E-state index contributed by atoms with van der Waals surface area (Å²) in [5.74, 6) is -0.0830. The number of benzene rings is 1. The van der Waals surface area contributed by atoms with Crippen LogP contribution in [-0.4, -0.2) is 13.4 Å². The molecule has 4 nitrogen and oxygen atoms in total. The molecule has 0 radical (unpaired) electrons. The third-order valence-electron chi connectivity index (χ3n) is 2.18. The van der Waals surface area contributed by atoms with E-state index in [0.717, 1.165) is 5.56 Å². The third kappa shape index (κ3) is 3.72. The number of sulfonamides is 1. The van der Waals surface area contributed by atoms with E-state index < -0.39 is 10.0 Å². The Morgan fingerprint density at radius 3 is 2.56 bits per heavy atom. The molecule has 1 N–H and O–H groups in total. The van der Waals surface area contributed by atoms with E-state index in [4.69, 9.17) is 11.6 Å². The zero-order chi connectivity index (χ0) is 13.0. The van der Waals surface area contributed by atoms with Crippen molar-refractivity contribution in [3.05, 3.63) is 59.4 Å². The second kappa shape index (κ2) is 5.37. The highest BCUT2D eigenvalue weighted by atomic mass is 35.5. The van der Waals surface area contributed by atoms with Crippen molar-refractivity contribution in [2.75, 3.05) is 4.72 Å². The van der Waals surface area contributed by atoms with E-state index in [-0.39, 0.29) is 5.75 Å². The molecule has 1 heterocycles. The van der Waals surface area contributed by atoms with Crippen molar-refractivity contribution in [1.29, 1.82) is 0 Å². The van der Waals surface area contributed by atoms with E-state index in [1.165, 1.54) is 18.5 Å². The molecule has 2 rings (SSSR count). The molecule has 18 heavy (non-hydrogen) atoms. The summed E-state index contributed by atoms with van der Waals surface area (Å²) in [4.78, 5) is 3.82. The number of anilines is 1. The van der Waals surface area contributed by atoms with Crippen LogP contribution >= 0.6 is 11.6 Å². The average Bonchev–Trinajstić information content (AvgIpc) is 2.28. The molecular weight excluding hydrogens is 272 g/mol. The fraction of sp³-hybridized carbons (Fsp3) is 0.0833. The number of hydrogen-bond acceptors (Lipinski definition) is 3. The number of rotatable bonds is 4. The lowest BCUT2D eigenvalue weighted by atomic mass is 10.2. The molecule has 0 aliphatic carbocycles. The Kier molecular flexibility index (Phi) is 3.84. The summed E-state index contributed by atoms with van der Waals surface area (Å²) in [7, 11) is -3.45. The largest absolute Gasteiger partial charge is 0.282 e. The molecule has 0 bridgehead atoms. The van der Waals surface area contributed by atoms with Crippen LogP contribution in [0.2, 0.25) is 5.02 Å². The minimum atomic E-state index is -3.45. The van der Waals surface area contributed by atoms with Crippen LogP contribution in [0.3, 0.4) is 0 Å². The van der Waals surface area contributed by atoms with Gasteiger partial charge in [-0.15, -0.1) is 0 Å². The molecule has 0 spiro atoms. The predicted octanol–water partition coefficient (Wildman–Crippen LogP) is 2.68. The summed E-state index contributed by atoms with van der Waals surface area (Å²) in [6, 6.07) is 10.5. The monoisotopic (exact) mass is 282 g/mol. The van der Waals surface area contributed by atoms with Gasteiger partial charge in [-0.3, -0.25) is 9.71 Å². The predicted molar refractivity (Wildman–Crippen MR) is 71.9 cm³/mol. The van der Waals surface area contributed by atoms with Crippen LogP contribution in [0.15, 0.2) is 48.8 Å². The number of nitrogens with one attached hydrogen (secondary N) is 1. The van der Waals surface area contributed by atoms with Crippen LogP contribution in [0.4, 0.5) is 5.69 Å². The zero-order valence-electron chi connectivity index (χ0n) is 9.38. The number of aromatic nitrogens is 1.